The maximum Gasteiger partial charge on any atom is 0.296 e. The molecule has 2 aromatic rings. The van der Waals surface area contributed by atoms with Gasteiger partial charge in [-0.15, -0.1) is 0 Å². The number of anilines is 2. The van der Waals surface area contributed by atoms with E-state index in [0.29, 0.717) is 31.1 Å². The number of benzene rings is 1. The van der Waals surface area contributed by atoms with Crippen molar-refractivity contribution >= 4 is 17.4 Å². The van der Waals surface area contributed by atoms with Crippen molar-refractivity contribution in [3.05, 3.63) is 41.1 Å². The number of aromatic nitrogens is 2. The van der Waals surface area contributed by atoms with Crippen LogP contribution in [0.5, 0.6) is 5.75 Å². The molecule has 0 spiro atoms. The first-order valence-corrected chi connectivity index (χ1v) is 9.04. The van der Waals surface area contributed by atoms with Crippen LogP contribution in [-0.4, -0.2) is 48.2 Å². The second-order valence-corrected chi connectivity index (χ2v) is 6.99. The van der Waals surface area contributed by atoms with Crippen LogP contribution in [0.15, 0.2) is 18.2 Å². The maximum absolute atomic E-state index is 13.5. The fraction of sp³-hybridized carbons (Fsp3) is 0.421. The van der Waals surface area contributed by atoms with Crippen LogP contribution >= 0.6 is 0 Å². The molecular weight excluding hydrogens is 349 g/mol. The van der Waals surface area contributed by atoms with Gasteiger partial charge in [0.1, 0.15) is 24.0 Å². The average Bonchev–Trinajstić information content (AvgIpc) is 3.08. The molecule has 0 aliphatic carbocycles. The van der Waals surface area contributed by atoms with Gasteiger partial charge in [-0.3, -0.25) is 9.69 Å². The number of hydrogen-bond acceptors (Lipinski definition) is 6. The van der Waals surface area contributed by atoms with Crippen molar-refractivity contribution < 1.29 is 13.9 Å². The lowest BCUT2D eigenvalue weighted by atomic mass is 10.2. The van der Waals surface area contributed by atoms with Crippen LogP contribution < -0.4 is 20.3 Å². The molecule has 1 amide bonds. The number of hydrogen-bond donors (Lipinski definition) is 1. The molecule has 1 atom stereocenters. The molecule has 1 aromatic heterocycles. The van der Waals surface area contributed by atoms with Crippen LogP contribution in [-0.2, 0) is 0 Å². The molecule has 3 heterocycles. The van der Waals surface area contributed by atoms with E-state index in [0.717, 1.165) is 30.0 Å². The van der Waals surface area contributed by atoms with Crippen molar-refractivity contribution in [3.63, 3.8) is 0 Å². The van der Waals surface area contributed by atoms with Crippen LogP contribution in [0.25, 0.3) is 0 Å². The Morgan fingerprint density at radius 1 is 1.30 bits per heavy atom. The summed E-state index contributed by atoms with van der Waals surface area (Å²) < 4.78 is 19.0. The van der Waals surface area contributed by atoms with E-state index in [9.17, 15) is 9.18 Å². The Kier molecular flexibility index (Phi) is 4.43. The van der Waals surface area contributed by atoms with E-state index < -0.39 is 5.82 Å². The molecule has 0 saturated carbocycles. The minimum atomic E-state index is -0.405. The van der Waals surface area contributed by atoms with Crippen LogP contribution in [0.3, 0.4) is 0 Å². The van der Waals surface area contributed by atoms with E-state index in [-0.39, 0.29) is 17.8 Å². The van der Waals surface area contributed by atoms with Gasteiger partial charge in [-0.1, -0.05) is 0 Å². The zero-order valence-electron chi connectivity index (χ0n) is 15.4. The number of carbonyl (C=O) groups is 1. The SMILES string of the molecule is Cc1nc(C(=O)N2CCOc3cc(F)ccc32)nc(N2CC[C@@H](N)C2)c1C. The van der Waals surface area contributed by atoms with Gasteiger partial charge in [0.15, 0.2) is 0 Å². The molecule has 7 nitrogen and oxygen atoms in total. The quantitative estimate of drug-likeness (QED) is 0.867. The number of nitrogens with two attached hydrogens (primary N) is 1. The molecule has 4 rings (SSSR count). The molecule has 0 radical (unpaired) electrons. The molecule has 2 aliphatic rings. The first kappa shape index (κ1) is 17.7. The molecule has 8 heteroatoms. The Bertz CT molecular complexity index is 904. The molecule has 142 valence electrons. The molecule has 27 heavy (non-hydrogen) atoms. The van der Waals surface area contributed by atoms with Gasteiger partial charge in [-0.25, -0.2) is 14.4 Å². The minimum absolute atomic E-state index is 0.111. The van der Waals surface area contributed by atoms with Gasteiger partial charge in [0, 0.05) is 36.5 Å². The third-order valence-electron chi connectivity index (χ3n) is 5.11. The maximum atomic E-state index is 13.5. The van der Waals surface area contributed by atoms with Gasteiger partial charge in [0.2, 0.25) is 5.82 Å². The van der Waals surface area contributed by atoms with Crippen LogP contribution in [0.2, 0.25) is 0 Å². The van der Waals surface area contributed by atoms with Gasteiger partial charge in [0.25, 0.3) is 5.91 Å². The summed E-state index contributed by atoms with van der Waals surface area (Å²) in [5.74, 6) is 0.512. The number of ether oxygens (including phenoxy) is 1. The van der Waals surface area contributed by atoms with E-state index in [2.05, 4.69) is 14.9 Å². The Morgan fingerprint density at radius 3 is 2.85 bits per heavy atom. The number of amides is 1. The predicted octanol–water partition coefficient (Wildman–Crippen LogP) is 1.81. The topological polar surface area (TPSA) is 84.6 Å². The largest absolute Gasteiger partial charge is 0.489 e. The van der Waals surface area contributed by atoms with Crippen molar-refractivity contribution in [2.75, 3.05) is 36.0 Å². The molecular formula is C19H22FN5O2. The van der Waals surface area contributed by atoms with Gasteiger partial charge < -0.3 is 15.4 Å². The number of fused-ring (bicyclic) bond motifs is 1. The third kappa shape index (κ3) is 3.21. The lowest BCUT2D eigenvalue weighted by Crippen LogP contribution is -2.39. The van der Waals surface area contributed by atoms with Gasteiger partial charge in [-0.2, -0.15) is 0 Å². The summed E-state index contributed by atoms with van der Waals surface area (Å²) >= 11 is 0. The van der Waals surface area contributed by atoms with Gasteiger partial charge in [-0.05, 0) is 32.4 Å². The predicted molar refractivity (Wildman–Crippen MR) is 99.9 cm³/mol. The van der Waals surface area contributed by atoms with E-state index >= 15 is 0 Å². The number of nitrogens with zero attached hydrogens (tertiary/aromatic N) is 4. The Labute approximate surface area is 157 Å². The molecule has 1 saturated heterocycles. The van der Waals surface area contributed by atoms with Crippen LogP contribution in [0.4, 0.5) is 15.9 Å². The zero-order valence-corrected chi connectivity index (χ0v) is 15.4. The van der Waals surface area contributed by atoms with Gasteiger partial charge in [0.05, 0.1) is 12.2 Å². The summed E-state index contributed by atoms with van der Waals surface area (Å²) in [6.07, 6.45) is 0.897. The summed E-state index contributed by atoms with van der Waals surface area (Å²) in [7, 11) is 0. The highest BCUT2D eigenvalue weighted by atomic mass is 19.1. The number of halogens is 1. The first-order chi connectivity index (χ1) is 12.9. The molecule has 1 aromatic carbocycles. The number of rotatable bonds is 2. The highest BCUT2D eigenvalue weighted by molar-refractivity contribution is 6.05. The summed E-state index contributed by atoms with van der Waals surface area (Å²) in [4.78, 5) is 25.8. The fourth-order valence-corrected chi connectivity index (χ4v) is 3.52. The van der Waals surface area contributed by atoms with E-state index in [4.69, 9.17) is 10.5 Å². The number of aryl methyl sites for hydroxylation is 1. The van der Waals surface area contributed by atoms with E-state index in [1.807, 2.05) is 13.8 Å². The summed E-state index contributed by atoms with van der Waals surface area (Å²) in [6, 6.07) is 4.25. The second kappa shape index (κ2) is 6.77. The first-order valence-electron chi connectivity index (χ1n) is 9.04. The monoisotopic (exact) mass is 371 g/mol. The second-order valence-electron chi connectivity index (χ2n) is 6.99. The lowest BCUT2D eigenvalue weighted by molar-refractivity contribution is 0.0966. The summed E-state index contributed by atoms with van der Waals surface area (Å²) in [5, 5.41) is 0. The smallest absolute Gasteiger partial charge is 0.296 e. The minimum Gasteiger partial charge on any atom is -0.489 e. The Hall–Kier alpha value is -2.74. The highest BCUT2D eigenvalue weighted by Crippen LogP contribution is 2.33. The van der Waals surface area contributed by atoms with Crippen LogP contribution in [0, 0.1) is 19.7 Å². The standard InChI is InChI=1S/C19H22FN5O2/c1-11-12(2)22-17(23-18(11)24-6-5-14(21)10-24)19(26)25-7-8-27-16-9-13(20)3-4-15(16)25/h3-4,9,14H,5-8,10,21H2,1-2H3/t14-/m1/s1. The molecule has 2 aliphatic heterocycles. The summed E-state index contributed by atoms with van der Waals surface area (Å²) in [5.41, 5.74) is 8.26. The molecule has 2 N–H and O–H groups in total. The molecule has 0 bridgehead atoms. The Morgan fingerprint density at radius 2 is 2.11 bits per heavy atom. The Balaban J connectivity index is 1.70. The fourth-order valence-electron chi connectivity index (χ4n) is 3.52. The van der Waals surface area contributed by atoms with Crippen molar-refractivity contribution in [2.24, 2.45) is 5.73 Å². The molecule has 0 unspecified atom stereocenters. The number of carbonyl (C=O) groups excluding carboxylic acids is 1. The molecule has 1 fully saturated rings. The third-order valence-corrected chi connectivity index (χ3v) is 5.11. The lowest BCUT2D eigenvalue weighted by Gasteiger charge is -2.29. The van der Waals surface area contributed by atoms with Crippen molar-refractivity contribution in [1.82, 2.24) is 9.97 Å². The zero-order chi connectivity index (χ0) is 19.1. The average molecular weight is 371 g/mol. The van der Waals surface area contributed by atoms with Gasteiger partial charge >= 0.3 is 0 Å². The van der Waals surface area contributed by atoms with Crippen molar-refractivity contribution in [2.45, 2.75) is 26.3 Å². The van der Waals surface area contributed by atoms with Crippen molar-refractivity contribution in [1.29, 1.82) is 0 Å². The van der Waals surface area contributed by atoms with E-state index in [1.54, 1.807) is 11.0 Å². The normalized spacial score (nSPS) is 19.0. The van der Waals surface area contributed by atoms with Crippen molar-refractivity contribution in [3.8, 4) is 5.75 Å². The summed E-state index contributed by atoms with van der Waals surface area (Å²) in [6.45, 7) is 6.00. The highest BCUT2D eigenvalue weighted by Gasteiger charge is 2.29. The van der Waals surface area contributed by atoms with Crippen LogP contribution in [0.1, 0.15) is 28.3 Å². The van der Waals surface area contributed by atoms with E-state index in [1.165, 1.54) is 12.1 Å².